The second-order valence-corrected chi connectivity index (χ2v) is 9.99. The highest BCUT2D eigenvalue weighted by molar-refractivity contribution is 5.98. The van der Waals surface area contributed by atoms with Crippen molar-refractivity contribution >= 4 is 29.7 Å². The normalized spacial score (nSPS) is 22.1. The van der Waals surface area contributed by atoms with Crippen molar-refractivity contribution in [2.45, 2.75) is 88.4 Å². The van der Waals surface area contributed by atoms with Crippen molar-refractivity contribution in [1.29, 1.82) is 0 Å². The Hall–Kier alpha value is -3.54. The van der Waals surface area contributed by atoms with Gasteiger partial charge in [-0.1, -0.05) is 12.8 Å². The number of likely N-dealkylation sites (tertiary alicyclic amines) is 1. The van der Waals surface area contributed by atoms with Gasteiger partial charge in [-0.3, -0.25) is 19.4 Å². The molecule has 0 spiro atoms. The molecule has 12 nitrogen and oxygen atoms in total. The first-order valence-corrected chi connectivity index (χ1v) is 13.2. The number of carboxylic acids is 2. The molecule has 2 aliphatic rings. The molecule has 0 aromatic carbocycles. The van der Waals surface area contributed by atoms with E-state index in [1.807, 2.05) is 0 Å². The van der Waals surface area contributed by atoms with E-state index in [1.54, 1.807) is 12.1 Å². The van der Waals surface area contributed by atoms with Crippen molar-refractivity contribution in [1.82, 2.24) is 20.5 Å². The minimum Gasteiger partial charge on any atom is -0.480 e. The van der Waals surface area contributed by atoms with E-state index in [9.17, 15) is 34.2 Å². The number of nitrogens with zero attached hydrogens (tertiary/aromatic N) is 2. The van der Waals surface area contributed by atoms with E-state index in [0.717, 1.165) is 25.7 Å². The van der Waals surface area contributed by atoms with Gasteiger partial charge in [0, 0.05) is 24.9 Å². The Kier molecular flexibility index (Phi) is 10.6. The number of carbonyl (C=O) groups excluding carboxylic acids is 3. The average molecular weight is 532 g/mol. The smallest absolute Gasteiger partial charge is 0.326 e. The van der Waals surface area contributed by atoms with E-state index in [4.69, 9.17) is 5.73 Å². The van der Waals surface area contributed by atoms with E-state index in [2.05, 4.69) is 15.6 Å². The predicted molar refractivity (Wildman–Crippen MR) is 136 cm³/mol. The van der Waals surface area contributed by atoms with Crippen LogP contribution in [0.25, 0.3) is 0 Å². The molecule has 3 amide bonds. The average Bonchev–Trinajstić information content (AvgIpc) is 3.30. The number of amides is 3. The lowest BCUT2D eigenvalue weighted by atomic mass is 9.84. The molecule has 5 atom stereocenters. The maximum atomic E-state index is 13.1. The molecular formula is C26H37N5O7. The number of fused-ring (bicyclic) bond motifs is 1. The van der Waals surface area contributed by atoms with Gasteiger partial charge >= 0.3 is 11.9 Å². The predicted octanol–water partition coefficient (Wildman–Crippen LogP) is 0.903. The third kappa shape index (κ3) is 7.50. The number of hydrogen-bond donors (Lipinski definition) is 5. The Morgan fingerprint density at radius 3 is 2.47 bits per heavy atom. The zero-order valence-electron chi connectivity index (χ0n) is 21.4. The van der Waals surface area contributed by atoms with Crippen molar-refractivity contribution in [3.8, 4) is 0 Å². The van der Waals surface area contributed by atoms with E-state index in [0.29, 0.717) is 25.8 Å². The molecule has 1 saturated heterocycles. The fourth-order valence-electron chi connectivity index (χ4n) is 5.47. The van der Waals surface area contributed by atoms with Crippen LogP contribution in [0.1, 0.15) is 74.6 Å². The minimum absolute atomic E-state index is 0.140. The van der Waals surface area contributed by atoms with Crippen molar-refractivity contribution in [2.24, 2.45) is 11.7 Å². The van der Waals surface area contributed by atoms with Crippen LogP contribution in [-0.2, 0) is 19.2 Å². The molecule has 1 unspecified atom stereocenters. The molecule has 2 fully saturated rings. The van der Waals surface area contributed by atoms with Crippen molar-refractivity contribution in [3.63, 3.8) is 0 Å². The van der Waals surface area contributed by atoms with E-state index < -0.39 is 47.8 Å². The Balaban J connectivity index is 1.64. The largest absolute Gasteiger partial charge is 0.480 e. The number of pyridine rings is 1. The number of hydrogen-bond acceptors (Lipinski definition) is 7. The van der Waals surface area contributed by atoms with Gasteiger partial charge in [-0.2, -0.15) is 0 Å². The summed E-state index contributed by atoms with van der Waals surface area (Å²) in [6.45, 7) is 0.403. The van der Waals surface area contributed by atoms with Crippen LogP contribution in [0.15, 0.2) is 24.5 Å². The van der Waals surface area contributed by atoms with Crippen molar-refractivity contribution in [3.05, 3.63) is 30.1 Å². The number of aliphatic carboxylic acids is 2. The highest BCUT2D eigenvalue weighted by atomic mass is 16.4. The maximum Gasteiger partial charge on any atom is 0.326 e. The molecule has 208 valence electrons. The number of nitrogens with two attached hydrogens (primary N) is 1. The van der Waals surface area contributed by atoms with Gasteiger partial charge in [0.1, 0.15) is 18.1 Å². The number of carboxylic acid groups (broad SMARTS) is 2. The van der Waals surface area contributed by atoms with Gasteiger partial charge in [-0.25, -0.2) is 9.59 Å². The summed E-state index contributed by atoms with van der Waals surface area (Å²) in [5.74, 6) is -3.87. The topological polar surface area (TPSA) is 192 Å². The molecule has 1 aromatic rings. The van der Waals surface area contributed by atoms with Crippen LogP contribution >= 0.6 is 0 Å². The van der Waals surface area contributed by atoms with E-state index >= 15 is 0 Å². The lowest BCUT2D eigenvalue weighted by Gasteiger charge is -2.33. The fourth-order valence-corrected chi connectivity index (χ4v) is 5.47. The van der Waals surface area contributed by atoms with Crippen LogP contribution < -0.4 is 16.4 Å². The molecule has 12 heteroatoms. The van der Waals surface area contributed by atoms with E-state index in [1.165, 1.54) is 17.3 Å². The fraction of sp³-hybridized carbons (Fsp3) is 0.615. The Morgan fingerprint density at radius 2 is 1.82 bits per heavy atom. The lowest BCUT2D eigenvalue weighted by molar-refractivity contribution is -0.150. The summed E-state index contributed by atoms with van der Waals surface area (Å²) in [6, 6.07) is -0.326. The molecule has 38 heavy (non-hydrogen) atoms. The Morgan fingerprint density at radius 1 is 1.05 bits per heavy atom. The summed E-state index contributed by atoms with van der Waals surface area (Å²) >= 11 is 0. The van der Waals surface area contributed by atoms with Gasteiger partial charge in [-0.15, -0.1) is 0 Å². The Labute approximate surface area is 221 Å². The van der Waals surface area contributed by atoms with Crippen LogP contribution in [-0.4, -0.2) is 80.5 Å². The lowest BCUT2D eigenvalue weighted by Crippen LogP contribution is -2.52. The first-order valence-electron chi connectivity index (χ1n) is 13.2. The SMILES string of the molecule is NCCCCC(NC(=O)c1cccnc1)C(=O)N[C@H](CCC(=O)N1[C@H](C(=O)O)C[C@@H]2CCCC[C@@H]21)C(=O)O. The van der Waals surface area contributed by atoms with Gasteiger partial charge in [0.05, 0.1) is 5.56 Å². The van der Waals surface area contributed by atoms with Crippen LogP contribution in [0, 0.1) is 5.92 Å². The number of unbranched alkanes of at least 4 members (excludes halogenated alkanes) is 1. The molecule has 6 N–H and O–H groups in total. The van der Waals surface area contributed by atoms with Gasteiger partial charge < -0.3 is 31.5 Å². The van der Waals surface area contributed by atoms with Crippen LogP contribution in [0.4, 0.5) is 0 Å². The number of carbonyl (C=O) groups is 5. The highest BCUT2D eigenvalue weighted by Crippen LogP contribution is 2.40. The summed E-state index contributed by atoms with van der Waals surface area (Å²) in [4.78, 5) is 67.9. The molecule has 1 aromatic heterocycles. The first kappa shape index (κ1) is 29.0. The summed E-state index contributed by atoms with van der Waals surface area (Å²) in [6.07, 6.45) is 7.79. The molecule has 1 saturated carbocycles. The maximum absolute atomic E-state index is 13.1. The van der Waals surface area contributed by atoms with Gasteiger partial charge in [0.15, 0.2) is 0 Å². The van der Waals surface area contributed by atoms with Gasteiger partial charge in [0.2, 0.25) is 11.8 Å². The second-order valence-electron chi connectivity index (χ2n) is 9.99. The summed E-state index contributed by atoms with van der Waals surface area (Å²) in [7, 11) is 0. The number of nitrogens with one attached hydrogen (secondary N) is 2. The van der Waals surface area contributed by atoms with Crippen LogP contribution in [0.5, 0.6) is 0 Å². The molecule has 0 bridgehead atoms. The third-order valence-electron chi connectivity index (χ3n) is 7.42. The number of rotatable bonds is 13. The molecule has 3 rings (SSSR count). The molecule has 1 aliphatic heterocycles. The second kappa shape index (κ2) is 13.8. The Bertz CT molecular complexity index is 1000. The third-order valence-corrected chi connectivity index (χ3v) is 7.42. The molecule has 0 radical (unpaired) electrons. The standard InChI is InChI=1S/C26H37N5O7/c27-12-4-3-8-18(29-23(33)17-7-5-13-28-15-17)24(34)30-19(25(35)36)10-11-22(32)31-20-9-2-1-6-16(20)14-21(31)26(37)38/h5,7,13,15-16,18-21H,1-4,6,8-12,14,27H2,(H,29,33)(H,30,34)(H,35,36)(H,37,38)/t16-,18?,19+,20-,21-/m0/s1. The van der Waals surface area contributed by atoms with Crippen LogP contribution in [0.3, 0.4) is 0 Å². The summed E-state index contributed by atoms with van der Waals surface area (Å²) in [5, 5.41) is 24.5. The van der Waals surface area contributed by atoms with Crippen molar-refractivity contribution < 1.29 is 34.2 Å². The monoisotopic (exact) mass is 531 g/mol. The quantitative estimate of drug-likeness (QED) is 0.230. The molecule has 1 aliphatic carbocycles. The van der Waals surface area contributed by atoms with Crippen LogP contribution in [0.2, 0.25) is 0 Å². The number of aromatic nitrogens is 1. The highest BCUT2D eigenvalue weighted by Gasteiger charge is 2.47. The zero-order valence-corrected chi connectivity index (χ0v) is 21.4. The first-order chi connectivity index (χ1) is 18.2. The van der Waals surface area contributed by atoms with E-state index in [-0.39, 0.29) is 36.8 Å². The van der Waals surface area contributed by atoms with Crippen molar-refractivity contribution in [2.75, 3.05) is 6.54 Å². The zero-order chi connectivity index (χ0) is 27.7. The molecular weight excluding hydrogens is 494 g/mol. The minimum atomic E-state index is -1.38. The van der Waals surface area contributed by atoms with Gasteiger partial charge in [-0.05, 0) is 69.5 Å². The molecule has 2 heterocycles. The van der Waals surface area contributed by atoms with Gasteiger partial charge in [0.25, 0.3) is 5.91 Å². The summed E-state index contributed by atoms with van der Waals surface area (Å²) < 4.78 is 0. The summed E-state index contributed by atoms with van der Waals surface area (Å²) in [5.41, 5.74) is 5.80.